The van der Waals surface area contributed by atoms with E-state index in [0.717, 1.165) is 0 Å². The Hall–Kier alpha value is -1.62. The van der Waals surface area contributed by atoms with Crippen molar-refractivity contribution >= 4 is 22.2 Å². The number of aromatic amines is 1. The van der Waals surface area contributed by atoms with Gasteiger partial charge in [-0.15, -0.1) is 11.3 Å². The van der Waals surface area contributed by atoms with E-state index in [1.807, 2.05) is 11.3 Å². The highest BCUT2D eigenvalue weighted by molar-refractivity contribution is 7.10. The predicted octanol–water partition coefficient (Wildman–Crippen LogP) is 5.12. The van der Waals surface area contributed by atoms with Crippen LogP contribution in [0, 0.1) is 6.92 Å². The molecule has 0 amide bonds. The summed E-state index contributed by atoms with van der Waals surface area (Å²) >= 11 is 1.91. The smallest absolute Gasteiger partial charge is 0.0534 e. The molecule has 2 N–H and O–H groups in total. The van der Waals surface area contributed by atoms with Crippen LogP contribution in [0.15, 0.2) is 35.7 Å². The zero-order valence-corrected chi connectivity index (χ0v) is 17.0. The van der Waals surface area contributed by atoms with E-state index in [1.54, 1.807) is 0 Å². The van der Waals surface area contributed by atoms with Gasteiger partial charge in [0.25, 0.3) is 0 Å². The van der Waals surface area contributed by atoms with Crippen LogP contribution < -0.4 is 5.32 Å². The van der Waals surface area contributed by atoms with Gasteiger partial charge in [-0.1, -0.05) is 18.2 Å². The Balaban J connectivity index is 1.75. The zero-order chi connectivity index (χ0) is 18.3. The highest BCUT2D eigenvalue weighted by atomic mass is 32.1. The lowest BCUT2D eigenvalue weighted by molar-refractivity contribution is 0.156. The van der Waals surface area contributed by atoms with Crippen LogP contribution in [-0.2, 0) is 5.54 Å². The molecule has 0 saturated heterocycles. The molecule has 0 bridgehead atoms. The Kier molecular flexibility index (Phi) is 4.68. The minimum absolute atomic E-state index is 0.0970. The number of aryl methyl sites for hydroxylation is 1. The van der Waals surface area contributed by atoms with E-state index < -0.39 is 0 Å². The van der Waals surface area contributed by atoms with Crippen LogP contribution >= 0.6 is 11.3 Å². The molecule has 1 aliphatic carbocycles. The second kappa shape index (κ2) is 6.84. The lowest BCUT2D eigenvalue weighted by atomic mass is 9.76. The van der Waals surface area contributed by atoms with Crippen LogP contribution in [0.4, 0.5) is 0 Å². The summed E-state index contributed by atoms with van der Waals surface area (Å²) in [6.45, 7) is 2.24. The SMILES string of the molecule is CNC1(c2sccc2-c2[nH]c3ccccc3c2C)CCC(N(C)C)CC1. The van der Waals surface area contributed by atoms with Gasteiger partial charge in [0.1, 0.15) is 0 Å². The molecule has 0 atom stereocenters. The van der Waals surface area contributed by atoms with Crippen molar-refractivity contribution in [2.24, 2.45) is 0 Å². The number of thiophene rings is 1. The van der Waals surface area contributed by atoms with Crippen molar-refractivity contribution in [3.05, 3.63) is 46.2 Å². The fourth-order valence-corrected chi connectivity index (χ4v) is 5.80. The number of para-hydroxylation sites is 1. The number of hydrogen-bond donors (Lipinski definition) is 2. The average molecular weight is 368 g/mol. The Labute approximate surface area is 160 Å². The molecule has 1 aliphatic rings. The van der Waals surface area contributed by atoms with Gasteiger partial charge < -0.3 is 15.2 Å². The first-order valence-corrected chi connectivity index (χ1v) is 10.4. The minimum atomic E-state index is 0.0970. The van der Waals surface area contributed by atoms with Gasteiger partial charge in [-0.05, 0) is 76.8 Å². The first kappa shape index (κ1) is 17.8. The molecule has 0 aliphatic heterocycles. The number of fused-ring (bicyclic) bond motifs is 1. The van der Waals surface area contributed by atoms with E-state index in [9.17, 15) is 0 Å². The normalized spacial score (nSPS) is 23.8. The van der Waals surface area contributed by atoms with Gasteiger partial charge in [0.15, 0.2) is 0 Å². The van der Waals surface area contributed by atoms with E-state index in [-0.39, 0.29) is 5.54 Å². The van der Waals surface area contributed by atoms with Crippen molar-refractivity contribution in [3.8, 4) is 11.3 Å². The number of benzene rings is 1. The fourth-order valence-electron chi connectivity index (χ4n) is 4.63. The van der Waals surface area contributed by atoms with Gasteiger partial charge in [-0.2, -0.15) is 0 Å². The molecule has 3 aromatic rings. The van der Waals surface area contributed by atoms with E-state index in [4.69, 9.17) is 0 Å². The van der Waals surface area contributed by atoms with Gasteiger partial charge in [0.05, 0.1) is 11.2 Å². The molecule has 26 heavy (non-hydrogen) atoms. The third-order valence-corrected chi connectivity index (χ3v) is 7.47. The van der Waals surface area contributed by atoms with Crippen LogP contribution in [0.3, 0.4) is 0 Å². The molecule has 0 radical (unpaired) electrons. The van der Waals surface area contributed by atoms with Crippen molar-refractivity contribution in [1.82, 2.24) is 15.2 Å². The van der Waals surface area contributed by atoms with Crippen LogP contribution in [0.25, 0.3) is 22.2 Å². The number of aromatic nitrogens is 1. The van der Waals surface area contributed by atoms with Gasteiger partial charge in [0, 0.05) is 27.4 Å². The lowest BCUT2D eigenvalue weighted by Gasteiger charge is -2.42. The molecule has 1 saturated carbocycles. The highest BCUT2D eigenvalue weighted by Gasteiger charge is 2.39. The maximum atomic E-state index is 3.72. The van der Waals surface area contributed by atoms with Gasteiger partial charge in [0.2, 0.25) is 0 Å². The predicted molar refractivity (Wildman–Crippen MR) is 113 cm³/mol. The number of nitrogens with zero attached hydrogens (tertiary/aromatic N) is 1. The summed E-state index contributed by atoms with van der Waals surface area (Å²) in [5.41, 5.74) is 5.34. The monoisotopic (exact) mass is 367 g/mol. The molecule has 3 nitrogen and oxygen atoms in total. The molecule has 2 heterocycles. The molecular formula is C22H29N3S. The van der Waals surface area contributed by atoms with E-state index in [2.05, 4.69) is 79.0 Å². The van der Waals surface area contributed by atoms with Crippen LogP contribution in [0.5, 0.6) is 0 Å². The Morgan fingerprint density at radius 2 is 1.88 bits per heavy atom. The van der Waals surface area contributed by atoms with Gasteiger partial charge in [-0.25, -0.2) is 0 Å². The number of rotatable bonds is 4. The quantitative estimate of drug-likeness (QED) is 0.670. The maximum absolute atomic E-state index is 3.72. The second-order valence-electron chi connectivity index (χ2n) is 7.86. The standard InChI is InChI=1S/C22H29N3S/c1-15-17-7-5-6-8-19(17)24-20(15)18-11-14-26-21(18)22(23-2)12-9-16(10-13-22)25(3)4/h5-8,11,14,16,23-24H,9-10,12-13H2,1-4H3. The fraction of sp³-hybridized carbons (Fsp3) is 0.455. The molecule has 2 aromatic heterocycles. The number of nitrogens with one attached hydrogen (secondary N) is 2. The van der Waals surface area contributed by atoms with Crippen molar-refractivity contribution in [1.29, 1.82) is 0 Å². The van der Waals surface area contributed by atoms with Crippen molar-refractivity contribution in [3.63, 3.8) is 0 Å². The summed E-state index contributed by atoms with van der Waals surface area (Å²) in [5, 5.41) is 7.31. The number of H-pyrrole nitrogens is 1. The first-order chi connectivity index (χ1) is 12.6. The van der Waals surface area contributed by atoms with E-state index in [0.29, 0.717) is 6.04 Å². The van der Waals surface area contributed by atoms with Crippen molar-refractivity contribution in [2.75, 3.05) is 21.1 Å². The van der Waals surface area contributed by atoms with Crippen LogP contribution in [0.1, 0.15) is 36.1 Å². The van der Waals surface area contributed by atoms with E-state index >= 15 is 0 Å². The molecular weight excluding hydrogens is 338 g/mol. The average Bonchev–Trinajstić information content (AvgIpc) is 3.27. The Morgan fingerprint density at radius 1 is 1.15 bits per heavy atom. The Bertz CT molecular complexity index is 897. The zero-order valence-electron chi connectivity index (χ0n) is 16.2. The molecule has 138 valence electrons. The van der Waals surface area contributed by atoms with Crippen LogP contribution in [-0.4, -0.2) is 37.1 Å². The highest BCUT2D eigenvalue weighted by Crippen LogP contribution is 2.45. The molecule has 4 heteroatoms. The van der Waals surface area contributed by atoms with Gasteiger partial charge in [-0.3, -0.25) is 0 Å². The van der Waals surface area contributed by atoms with Crippen LogP contribution in [0.2, 0.25) is 0 Å². The minimum Gasteiger partial charge on any atom is -0.354 e. The molecule has 0 unspecified atom stereocenters. The summed E-state index contributed by atoms with van der Waals surface area (Å²) < 4.78 is 0. The summed E-state index contributed by atoms with van der Waals surface area (Å²) in [6.07, 6.45) is 4.88. The summed E-state index contributed by atoms with van der Waals surface area (Å²) in [5.74, 6) is 0. The Morgan fingerprint density at radius 3 is 2.54 bits per heavy atom. The topological polar surface area (TPSA) is 31.1 Å². The molecule has 4 rings (SSSR count). The molecule has 0 spiro atoms. The second-order valence-corrected chi connectivity index (χ2v) is 8.78. The first-order valence-electron chi connectivity index (χ1n) is 9.57. The summed E-state index contributed by atoms with van der Waals surface area (Å²) in [7, 11) is 6.56. The maximum Gasteiger partial charge on any atom is 0.0534 e. The summed E-state index contributed by atoms with van der Waals surface area (Å²) in [6, 6.07) is 11.6. The third-order valence-electron chi connectivity index (χ3n) is 6.35. The van der Waals surface area contributed by atoms with Gasteiger partial charge >= 0.3 is 0 Å². The largest absolute Gasteiger partial charge is 0.354 e. The summed E-state index contributed by atoms with van der Waals surface area (Å²) in [4.78, 5) is 7.56. The number of hydrogen-bond acceptors (Lipinski definition) is 3. The third kappa shape index (κ3) is 2.81. The molecule has 1 fully saturated rings. The van der Waals surface area contributed by atoms with Crippen molar-refractivity contribution < 1.29 is 0 Å². The lowest BCUT2D eigenvalue weighted by Crippen LogP contribution is -2.46. The van der Waals surface area contributed by atoms with E-state index in [1.165, 1.54) is 58.3 Å². The van der Waals surface area contributed by atoms with Crippen molar-refractivity contribution in [2.45, 2.75) is 44.2 Å². The molecule has 1 aromatic carbocycles.